The molecule has 0 saturated carbocycles. The summed E-state index contributed by atoms with van der Waals surface area (Å²) < 4.78 is 34.2. The first-order valence-electron chi connectivity index (χ1n) is 20.8. The van der Waals surface area contributed by atoms with Crippen LogP contribution in [0.1, 0.15) is 142 Å². The Morgan fingerprint density at radius 3 is 1.85 bits per heavy atom. The fraction of sp³-hybridized carbons (Fsp3) is 0.705. The lowest BCUT2D eigenvalue weighted by molar-refractivity contribution is -0.870. The minimum absolute atomic E-state index is 0.00366. The summed E-state index contributed by atoms with van der Waals surface area (Å²) in [6.07, 6.45) is 43.9. The van der Waals surface area contributed by atoms with Gasteiger partial charge in [-0.2, -0.15) is 0 Å². The van der Waals surface area contributed by atoms with Crippen LogP contribution in [0.25, 0.3) is 0 Å². The molecule has 0 aliphatic heterocycles. The Hall–Kier alpha value is -2.26. The van der Waals surface area contributed by atoms with Crippen LogP contribution in [0.15, 0.2) is 73.1 Å². The highest BCUT2D eigenvalue weighted by molar-refractivity contribution is 7.45. The van der Waals surface area contributed by atoms with Gasteiger partial charge >= 0.3 is 5.97 Å². The van der Waals surface area contributed by atoms with Crippen LogP contribution < -0.4 is 4.89 Å². The molecule has 0 rings (SSSR count). The van der Waals surface area contributed by atoms with Crippen molar-refractivity contribution in [3.63, 3.8) is 0 Å². The van der Waals surface area contributed by atoms with Gasteiger partial charge in [-0.1, -0.05) is 145 Å². The maximum atomic E-state index is 12.6. The second kappa shape index (κ2) is 36.4. The zero-order valence-corrected chi connectivity index (χ0v) is 35.6. The van der Waals surface area contributed by atoms with Crippen LogP contribution >= 0.6 is 7.82 Å². The van der Waals surface area contributed by atoms with Gasteiger partial charge in [0.1, 0.15) is 19.8 Å². The fourth-order valence-electron chi connectivity index (χ4n) is 5.09. The van der Waals surface area contributed by atoms with Gasteiger partial charge in [-0.05, 0) is 57.4 Å². The van der Waals surface area contributed by atoms with Crippen LogP contribution in [0, 0.1) is 0 Å². The molecule has 3 atom stereocenters. The van der Waals surface area contributed by atoms with E-state index in [1.54, 1.807) is 12.3 Å². The first-order valence-corrected chi connectivity index (χ1v) is 22.3. The normalized spacial score (nSPS) is 15.1. The van der Waals surface area contributed by atoms with Gasteiger partial charge in [0, 0.05) is 6.42 Å². The summed E-state index contributed by atoms with van der Waals surface area (Å²) in [5, 5.41) is 9.48. The number of phosphoric acid groups is 1. The number of aliphatic hydroxyl groups is 1. The van der Waals surface area contributed by atoms with E-state index in [-0.39, 0.29) is 32.3 Å². The number of likely N-dealkylation sites (N-methyl/N-ethyl adjacent to an activating group) is 1. The molecule has 54 heavy (non-hydrogen) atoms. The number of nitrogens with zero attached hydrogens (tertiary/aromatic N) is 1. The third kappa shape index (κ3) is 39.4. The molecule has 0 aliphatic rings. The van der Waals surface area contributed by atoms with Crippen LogP contribution in [-0.2, 0) is 27.9 Å². The fourth-order valence-corrected chi connectivity index (χ4v) is 5.81. The number of rotatable bonds is 37. The van der Waals surface area contributed by atoms with Crippen LogP contribution in [0.2, 0.25) is 0 Å². The van der Waals surface area contributed by atoms with Crippen molar-refractivity contribution in [1.82, 2.24) is 0 Å². The maximum absolute atomic E-state index is 12.6. The molecular weight excluding hydrogens is 701 g/mol. The third-order valence-electron chi connectivity index (χ3n) is 8.49. The molecule has 0 aliphatic carbocycles. The molecule has 10 heteroatoms. The van der Waals surface area contributed by atoms with E-state index < -0.39 is 19.9 Å². The minimum atomic E-state index is -4.56. The van der Waals surface area contributed by atoms with Gasteiger partial charge in [-0.25, -0.2) is 0 Å². The summed E-state index contributed by atoms with van der Waals surface area (Å²) in [4.78, 5) is 25.0. The second-order valence-electron chi connectivity index (χ2n) is 14.9. The molecule has 1 N–H and O–H groups in total. The summed E-state index contributed by atoms with van der Waals surface area (Å²) in [6.45, 7) is 4.30. The highest BCUT2D eigenvalue weighted by atomic mass is 31.2. The Morgan fingerprint density at radius 2 is 1.26 bits per heavy atom. The summed E-state index contributed by atoms with van der Waals surface area (Å²) in [7, 11) is 1.25. The Morgan fingerprint density at radius 1 is 0.704 bits per heavy atom. The van der Waals surface area contributed by atoms with Crippen molar-refractivity contribution in [3.8, 4) is 0 Å². The van der Waals surface area contributed by atoms with Crippen LogP contribution in [0.4, 0.5) is 0 Å². The Kier molecular flexibility index (Phi) is 34.9. The SMILES string of the molecule is CCCCCCCCCCCCCC/C=C/OC[C@H](COP(=O)([O-])OCC[N+](C)(C)C)OC(=O)CCC/C=C\C/C=C\C/C=C\C/C=C\C=C\[C@H](O)CC. The highest BCUT2D eigenvalue weighted by Crippen LogP contribution is 2.38. The quantitative estimate of drug-likeness (QED) is 0.0126. The van der Waals surface area contributed by atoms with Crippen molar-refractivity contribution >= 4 is 13.8 Å². The number of esters is 1. The third-order valence-corrected chi connectivity index (χ3v) is 9.46. The number of phosphoric ester groups is 1. The predicted molar refractivity (Wildman–Crippen MR) is 223 cm³/mol. The van der Waals surface area contributed by atoms with Gasteiger partial charge in [0.2, 0.25) is 0 Å². The zero-order chi connectivity index (χ0) is 40.0. The van der Waals surface area contributed by atoms with Crippen LogP contribution in [-0.4, -0.2) is 75.3 Å². The summed E-state index contributed by atoms with van der Waals surface area (Å²) in [5.41, 5.74) is 0. The number of ether oxygens (including phenoxy) is 2. The van der Waals surface area contributed by atoms with Crippen LogP contribution in [0.5, 0.6) is 0 Å². The lowest BCUT2D eigenvalue weighted by Crippen LogP contribution is -2.37. The first-order chi connectivity index (χ1) is 26.0. The lowest BCUT2D eigenvalue weighted by atomic mass is 10.0. The number of hydrogen-bond donors (Lipinski definition) is 1. The van der Waals surface area contributed by atoms with Crippen molar-refractivity contribution in [2.45, 2.75) is 154 Å². The van der Waals surface area contributed by atoms with E-state index in [0.717, 1.165) is 44.9 Å². The molecule has 0 aromatic carbocycles. The van der Waals surface area contributed by atoms with Gasteiger partial charge in [0.15, 0.2) is 6.10 Å². The van der Waals surface area contributed by atoms with Gasteiger partial charge in [-0.15, -0.1) is 0 Å². The molecule has 0 radical (unpaired) electrons. The smallest absolute Gasteiger partial charge is 0.306 e. The largest absolute Gasteiger partial charge is 0.756 e. The number of unbranched alkanes of at least 4 members (excludes halogenated alkanes) is 13. The number of carbonyl (C=O) groups is 1. The van der Waals surface area contributed by atoms with E-state index in [0.29, 0.717) is 17.4 Å². The minimum Gasteiger partial charge on any atom is -0.756 e. The van der Waals surface area contributed by atoms with E-state index in [1.165, 1.54) is 70.6 Å². The molecule has 0 amide bonds. The van der Waals surface area contributed by atoms with Gasteiger partial charge in [0.05, 0.1) is 40.1 Å². The predicted octanol–water partition coefficient (Wildman–Crippen LogP) is 10.6. The highest BCUT2D eigenvalue weighted by Gasteiger charge is 2.20. The number of hydrogen-bond acceptors (Lipinski definition) is 8. The second-order valence-corrected chi connectivity index (χ2v) is 16.3. The van der Waals surface area contributed by atoms with E-state index in [9.17, 15) is 19.4 Å². The molecule has 0 aromatic rings. The van der Waals surface area contributed by atoms with Crippen molar-refractivity contribution in [3.05, 3.63) is 73.1 Å². The molecule has 0 fully saturated rings. The Bertz CT molecular complexity index is 1110. The monoisotopic (exact) mass is 780 g/mol. The standard InChI is InChI=1S/C44H78NO8P/c1-6-8-9-10-11-12-13-14-19-22-25-28-31-34-38-50-40-43(41-52-54(48,49)51-39-37-45(3,4)5)53-44(47)36-33-30-27-24-21-18-16-15-17-20-23-26-29-32-35-42(46)7-2/h16-18,20,24,26-27,29,32,34-35,38,42-43,46H,6-15,19,21-23,25,28,30-31,33,36-37,39-41H2,1-5H3/b18-16-,20-17-,27-24-,29-26-,35-32+,38-34+/t42-,43-/m1/s1. The van der Waals surface area contributed by atoms with E-state index in [4.69, 9.17) is 18.5 Å². The van der Waals surface area contributed by atoms with Crippen molar-refractivity contribution in [2.75, 3.05) is 47.5 Å². The Balaban J connectivity index is 4.46. The molecule has 0 aromatic heterocycles. The number of aliphatic hydroxyl groups excluding tert-OH is 1. The zero-order valence-electron chi connectivity index (χ0n) is 34.8. The maximum Gasteiger partial charge on any atom is 0.306 e. The molecular formula is C44H78NO8P. The number of allylic oxidation sites excluding steroid dienone is 10. The molecule has 0 bridgehead atoms. The summed E-state index contributed by atoms with van der Waals surface area (Å²) in [6, 6.07) is 0. The summed E-state index contributed by atoms with van der Waals surface area (Å²) >= 11 is 0. The lowest BCUT2D eigenvalue weighted by Gasteiger charge is -2.28. The Labute approximate surface area is 330 Å². The molecule has 0 saturated heterocycles. The molecule has 0 heterocycles. The van der Waals surface area contributed by atoms with Gasteiger partial charge in [0.25, 0.3) is 7.82 Å². The van der Waals surface area contributed by atoms with Gasteiger partial charge in [-0.3, -0.25) is 9.36 Å². The van der Waals surface area contributed by atoms with E-state index >= 15 is 0 Å². The van der Waals surface area contributed by atoms with Crippen molar-refractivity contribution < 1.29 is 42.4 Å². The average molecular weight is 780 g/mol. The summed E-state index contributed by atoms with van der Waals surface area (Å²) in [5.74, 6) is -0.427. The van der Waals surface area contributed by atoms with Crippen molar-refractivity contribution in [2.24, 2.45) is 0 Å². The van der Waals surface area contributed by atoms with Crippen molar-refractivity contribution in [1.29, 1.82) is 0 Å². The van der Waals surface area contributed by atoms with E-state index in [1.807, 2.05) is 58.4 Å². The average Bonchev–Trinajstić information content (AvgIpc) is 3.12. The molecule has 0 spiro atoms. The van der Waals surface area contributed by atoms with Crippen LogP contribution in [0.3, 0.4) is 0 Å². The first kappa shape index (κ1) is 51.7. The number of quaternary nitrogens is 1. The topological polar surface area (TPSA) is 114 Å². The molecule has 9 nitrogen and oxygen atoms in total. The molecule has 1 unspecified atom stereocenters. The van der Waals surface area contributed by atoms with E-state index in [2.05, 4.69) is 37.3 Å². The number of carbonyl (C=O) groups excluding carboxylic acids is 1. The molecule has 312 valence electrons. The van der Waals surface area contributed by atoms with Gasteiger partial charge < -0.3 is 33.0 Å².